The van der Waals surface area contributed by atoms with Crippen molar-refractivity contribution < 1.29 is 22.5 Å². The van der Waals surface area contributed by atoms with Crippen LogP contribution in [-0.2, 0) is 26.7 Å². The molecule has 2 rings (SSSR count). The van der Waals surface area contributed by atoms with Crippen LogP contribution in [0.4, 0.5) is 0 Å². The number of rotatable bonds is 5. The first-order chi connectivity index (χ1) is 10.2. The third kappa shape index (κ3) is 3.43. The maximum atomic E-state index is 10.7. The molecule has 1 aromatic heterocycles. The van der Waals surface area contributed by atoms with Crippen LogP contribution in [-0.4, -0.2) is 38.8 Å². The Morgan fingerprint density at radius 1 is 1.27 bits per heavy atom. The Bertz CT molecular complexity index is 609. The van der Waals surface area contributed by atoms with E-state index in [2.05, 4.69) is 9.71 Å². The highest BCUT2D eigenvalue weighted by atomic mass is 32.2. The summed E-state index contributed by atoms with van der Waals surface area (Å²) in [7, 11) is -1.76. The van der Waals surface area contributed by atoms with E-state index in [1.165, 1.54) is 7.11 Å². The fourth-order valence-electron chi connectivity index (χ4n) is 2.08. The zero-order valence-electron chi connectivity index (χ0n) is 13.4. The maximum Gasteiger partial charge on any atom is 0.496 e. The molecule has 1 aliphatic heterocycles. The molecule has 7 nitrogen and oxygen atoms in total. The molecule has 1 N–H and O–H groups in total. The van der Waals surface area contributed by atoms with E-state index in [9.17, 15) is 8.42 Å². The van der Waals surface area contributed by atoms with Crippen molar-refractivity contribution in [1.29, 1.82) is 0 Å². The lowest BCUT2D eigenvalue weighted by Gasteiger charge is -2.32. The van der Waals surface area contributed by atoms with Crippen molar-refractivity contribution in [2.45, 2.75) is 45.4 Å². The van der Waals surface area contributed by atoms with Gasteiger partial charge in [0.1, 0.15) is 0 Å². The Balaban J connectivity index is 2.27. The second-order valence-electron chi connectivity index (χ2n) is 6.12. The van der Waals surface area contributed by atoms with Gasteiger partial charge in [-0.25, -0.2) is 18.1 Å². The number of methoxy groups -OCH3 is 1. The fraction of sp³-hybridized carbons (Fsp3) is 0.615. The van der Waals surface area contributed by atoms with Crippen molar-refractivity contribution in [2.75, 3.05) is 7.11 Å². The summed E-state index contributed by atoms with van der Waals surface area (Å²) >= 11 is 0. The van der Waals surface area contributed by atoms with E-state index in [1.54, 1.807) is 12.3 Å². The highest BCUT2D eigenvalue weighted by Gasteiger charge is 2.51. The number of nitrogens with one attached hydrogen (secondary N) is 1. The van der Waals surface area contributed by atoms with Crippen molar-refractivity contribution in [3.63, 3.8) is 0 Å². The summed E-state index contributed by atoms with van der Waals surface area (Å²) in [4.78, 5) is 4.20. The second kappa shape index (κ2) is 6.15. The predicted octanol–water partition coefficient (Wildman–Crippen LogP) is 0.00540. The van der Waals surface area contributed by atoms with Gasteiger partial charge in [0.2, 0.25) is 16.8 Å². The monoisotopic (exact) mass is 328 g/mol. The molecule has 0 aliphatic carbocycles. The van der Waals surface area contributed by atoms with Crippen LogP contribution in [0.25, 0.3) is 0 Å². The summed E-state index contributed by atoms with van der Waals surface area (Å²) in [5, 5.41) is 0. The molecule has 2 heterocycles. The molecule has 0 bridgehead atoms. The Morgan fingerprint density at radius 3 is 2.36 bits per heavy atom. The molecule has 0 spiro atoms. The summed E-state index contributed by atoms with van der Waals surface area (Å²) in [5.74, 6) is 0.365. The van der Waals surface area contributed by atoms with Crippen LogP contribution in [0, 0.1) is 0 Å². The first-order valence-corrected chi connectivity index (χ1v) is 8.10. The van der Waals surface area contributed by atoms with Gasteiger partial charge in [0.05, 0.1) is 18.3 Å². The molecular weight excluding hydrogens is 307 g/mol. The lowest BCUT2D eigenvalue weighted by Crippen LogP contribution is -2.41. The third-order valence-electron chi connectivity index (χ3n) is 4.06. The largest absolute Gasteiger partial charge is 0.496 e. The van der Waals surface area contributed by atoms with Gasteiger partial charge < -0.3 is 14.0 Å². The second-order valence-corrected chi connectivity index (χ2v) is 6.95. The van der Waals surface area contributed by atoms with Gasteiger partial charge in [-0.1, -0.05) is 6.07 Å². The minimum absolute atomic E-state index is 0.0994. The summed E-state index contributed by atoms with van der Waals surface area (Å²) in [6.45, 7) is 7.97. The highest BCUT2D eigenvalue weighted by molar-refractivity contribution is 7.70. The number of hydrogen-bond acceptors (Lipinski definition) is 6. The van der Waals surface area contributed by atoms with Crippen LogP contribution in [0.2, 0.25) is 0 Å². The van der Waals surface area contributed by atoms with Gasteiger partial charge in [0.15, 0.2) is 0 Å². The number of thiol groups is 1. The van der Waals surface area contributed by atoms with E-state index >= 15 is 0 Å². The average Bonchev–Trinajstić information content (AvgIpc) is 2.64. The molecule has 9 heteroatoms. The summed E-state index contributed by atoms with van der Waals surface area (Å²) in [6.07, 6.45) is 1.61. The van der Waals surface area contributed by atoms with Crippen LogP contribution < -0.4 is 14.9 Å². The van der Waals surface area contributed by atoms with Crippen LogP contribution >= 0.6 is 0 Å². The van der Waals surface area contributed by atoms with Gasteiger partial charge in [0.25, 0.3) is 0 Å². The Hall–Kier alpha value is -1.16. The third-order valence-corrected chi connectivity index (χ3v) is 4.48. The molecule has 22 heavy (non-hydrogen) atoms. The van der Waals surface area contributed by atoms with Gasteiger partial charge in [-0.3, -0.25) is 0 Å². The molecule has 0 amide bonds. The number of hydrogen-bond donors (Lipinski definition) is 2. The first-order valence-electron chi connectivity index (χ1n) is 6.92. The number of aromatic nitrogens is 1. The van der Waals surface area contributed by atoms with Crippen molar-refractivity contribution >= 4 is 23.5 Å². The molecule has 0 atom stereocenters. The summed E-state index contributed by atoms with van der Waals surface area (Å²) in [5.41, 5.74) is 0.439. The molecule has 0 aromatic carbocycles. The number of nitrogens with zero attached hydrogens (tertiary/aromatic N) is 1. The Kier molecular flexibility index (Phi) is 4.81. The van der Waals surface area contributed by atoms with E-state index < -0.39 is 29.2 Å². The van der Waals surface area contributed by atoms with E-state index in [0.29, 0.717) is 11.4 Å². The Morgan fingerprint density at radius 2 is 1.86 bits per heavy atom. The minimum atomic E-state index is -2.69. The average molecular weight is 328 g/mol. The number of ether oxygens (including phenoxy) is 1. The van der Waals surface area contributed by atoms with Crippen LogP contribution in [0.1, 0.15) is 33.3 Å². The molecule has 1 aliphatic rings. The lowest BCUT2D eigenvalue weighted by atomic mass is 9.79. The van der Waals surface area contributed by atoms with Crippen molar-refractivity contribution in [3.8, 4) is 5.88 Å². The molecular formula is C13H21BN2O5S. The van der Waals surface area contributed by atoms with Gasteiger partial charge in [-0.15, -0.1) is 0 Å². The normalized spacial score (nSPS) is 19.6. The fourth-order valence-corrected chi connectivity index (χ4v) is 2.38. The standard InChI is InChI=1S/C13H21BN2O5S/c1-12(2)13(3,4)21-14(20-12)10-6-9(7-16-22(17)18)11(19-5)15-8-10/h6,8,22H,7H2,1-5H3,(H,16,17,18). The molecule has 0 radical (unpaired) electrons. The topological polar surface area (TPSA) is 86.8 Å². The van der Waals surface area contributed by atoms with Gasteiger partial charge in [-0.2, -0.15) is 0 Å². The van der Waals surface area contributed by atoms with Crippen LogP contribution in [0.5, 0.6) is 5.88 Å². The summed E-state index contributed by atoms with van der Waals surface area (Å²) in [6, 6.07) is 1.78. The van der Waals surface area contributed by atoms with Gasteiger partial charge in [-0.05, 0) is 27.7 Å². The van der Waals surface area contributed by atoms with E-state index in [1.807, 2.05) is 27.7 Å². The quantitative estimate of drug-likeness (QED) is 0.585. The van der Waals surface area contributed by atoms with E-state index in [0.717, 1.165) is 5.46 Å². The summed E-state index contributed by atoms with van der Waals surface area (Å²) < 4.78 is 40.8. The van der Waals surface area contributed by atoms with Crippen molar-refractivity contribution in [1.82, 2.24) is 9.71 Å². The molecule has 1 aromatic rings. The first kappa shape index (κ1) is 17.2. The SMILES string of the molecule is COc1ncc(B2OC(C)(C)C(C)(C)O2)cc1CN[SH](=O)=O. The molecule has 122 valence electrons. The van der Waals surface area contributed by atoms with Crippen molar-refractivity contribution in [2.24, 2.45) is 0 Å². The molecule has 0 unspecified atom stereocenters. The Labute approximate surface area is 132 Å². The van der Waals surface area contributed by atoms with E-state index in [4.69, 9.17) is 14.0 Å². The molecule has 0 saturated carbocycles. The molecule has 1 saturated heterocycles. The van der Waals surface area contributed by atoms with Gasteiger partial charge in [0, 0.05) is 23.8 Å². The van der Waals surface area contributed by atoms with Gasteiger partial charge >= 0.3 is 7.12 Å². The van der Waals surface area contributed by atoms with Crippen molar-refractivity contribution in [3.05, 3.63) is 17.8 Å². The van der Waals surface area contributed by atoms with E-state index in [-0.39, 0.29) is 6.54 Å². The minimum Gasteiger partial charge on any atom is -0.481 e. The zero-order valence-corrected chi connectivity index (χ0v) is 14.3. The zero-order chi connectivity index (χ0) is 16.5. The van der Waals surface area contributed by atoms with Crippen LogP contribution in [0.3, 0.4) is 0 Å². The molecule has 1 fully saturated rings. The predicted molar refractivity (Wildman–Crippen MR) is 83.7 cm³/mol. The maximum absolute atomic E-state index is 10.7. The smallest absolute Gasteiger partial charge is 0.481 e. The lowest BCUT2D eigenvalue weighted by molar-refractivity contribution is 0.00578. The van der Waals surface area contributed by atoms with Crippen LogP contribution in [0.15, 0.2) is 12.3 Å². The highest BCUT2D eigenvalue weighted by Crippen LogP contribution is 2.36. The number of pyridine rings is 1.